The highest BCUT2D eigenvalue weighted by Gasteiger charge is 2.13. The molecule has 0 radical (unpaired) electrons. The number of carbonyl (C=O) groups excluding carboxylic acids is 2. The average molecular weight is 333 g/mol. The third kappa shape index (κ3) is 4.23. The molecule has 0 fully saturated rings. The van der Waals surface area contributed by atoms with Crippen LogP contribution in [-0.2, 0) is 9.53 Å². The normalized spacial score (nSPS) is 10.0. The molecule has 0 heterocycles. The van der Waals surface area contributed by atoms with Crippen molar-refractivity contribution in [3.8, 4) is 0 Å². The van der Waals surface area contributed by atoms with E-state index in [4.69, 9.17) is 11.6 Å². The number of anilines is 2. The van der Waals surface area contributed by atoms with Gasteiger partial charge in [-0.2, -0.15) is 0 Å². The standard InChI is InChI=1S/C17H17ClN2O3/c1-20(13-6-4-3-5-7-13)16(21)11-19-15-10-12(17(22)23-2)8-9-14(15)18/h3-10,19H,11H2,1-2H3. The number of rotatable bonds is 5. The van der Waals surface area contributed by atoms with Crippen LogP contribution in [0.1, 0.15) is 10.4 Å². The maximum absolute atomic E-state index is 12.2. The number of likely N-dealkylation sites (N-methyl/N-ethyl adjacent to an activating group) is 1. The number of ether oxygens (including phenoxy) is 1. The molecule has 0 aliphatic carbocycles. The summed E-state index contributed by atoms with van der Waals surface area (Å²) in [5.74, 6) is -0.590. The summed E-state index contributed by atoms with van der Waals surface area (Å²) in [5.41, 5.74) is 1.67. The van der Waals surface area contributed by atoms with Crippen LogP contribution in [0.5, 0.6) is 0 Å². The van der Waals surface area contributed by atoms with Crippen molar-refractivity contribution in [1.29, 1.82) is 0 Å². The van der Waals surface area contributed by atoms with Crippen LogP contribution >= 0.6 is 11.6 Å². The second kappa shape index (κ2) is 7.65. The van der Waals surface area contributed by atoms with Gasteiger partial charge in [-0.3, -0.25) is 4.79 Å². The Morgan fingerprint density at radius 2 is 1.87 bits per heavy atom. The summed E-state index contributed by atoms with van der Waals surface area (Å²) in [6.45, 7) is 0.0513. The first-order valence-corrected chi connectivity index (χ1v) is 7.34. The first-order chi connectivity index (χ1) is 11.0. The highest BCUT2D eigenvalue weighted by atomic mass is 35.5. The predicted octanol–water partition coefficient (Wildman–Crippen LogP) is 3.20. The van der Waals surface area contributed by atoms with Crippen LogP contribution in [0, 0.1) is 0 Å². The molecule has 0 saturated heterocycles. The molecule has 0 aromatic heterocycles. The highest BCUT2D eigenvalue weighted by molar-refractivity contribution is 6.33. The Labute approximate surface area is 139 Å². The van der Waals surface area contributed by atoms with Crippen molar-refractivity contribution < 1.29 is 14.3 Å². The van der Waals surface area contributed by atoms with Gasteiger partial charge in [0.1, 0.15) is 0 Å². The number of amides is 1. The Morgan fingerprint density at radius 1 is 1.17 bits per heavy atom. The number of carbonyl (C=O) groups is 2. The number of nitrogens with zero attached hydrogens (tertiary/aromatic N) is 1. The number of hydrogen-bond acceptors (Lipinski definition) is 4. The van der Waals surface area contributed by atoms with E-state index >= 15 is 0 Å². The van der Waals surface area contributed by atoms with E-state index in [1.165, 1.54) is 7.11 Å². The zero-order chi connectivity index (χ0) is 16.8. The Kier molecular flexibility index (Phi) is 5.60. The van der Waals surface area contributed by atoms with Gasteiger partial charge in [0, 0.05) is 12.7 Å². The van der Waals surface area contributed by atoms with Crippen molar-refractivity contribution in [2.75, 3.05) is 30.9 Å². The van der Waals surface area contributed by atoms with E-state index in [0.29, 0.717) is 16.3 Å². The van der Waals surface area contributed by atoms with Crippen molar-refractivity contribution in [3.63, 3.8) is 0 Å². The highest BCUT2D eigenvalue weighted by Crippen LogP contribution is 2.23. The molecular weight excluding hydrogens is 316 g/mol. The van der Waals surface area contributed by atoms with E-state index in [1.807, 2.05) is 30.3 Å². The topological polar surface area (TPSA) is 58.6 Å². The summed E-state index contributed by atoms with van der Waals surface area (Å²) in [6.07, 6.45) is 0. The average Bonchev–Trinajstić information content (AvgIpc) is 2.60. The van der Waals surface area contributed by atoms with Gasteiger partial charge in [0.05, 0.1) is 29.9 Å². The van der Waals surface area contributed by atoms with Crippen molar-refractivity contribution in [2.45, 2.75) is 0 Å². The summed E-state index contributed by atoms with van der Waals surface area (Å²) < 4.78 is 4.67. The van der Waals surface area contributed by atoms with Gasteiger partial charge < -0.3 is 15.0 Å². The zero-order valence-electron chi connectivity index (χ0n) is 12.9. The minimum Gasteiger partial charge on any atom is -0.465 e. The van der Waals surface area contributed by atoms with Crippen LogP contribution in [0.4, 0.5) is 11.4 Å². The minimum atomic E-state index is -0.461. The van der Waals surface area contributed by atoms with E-state index in [1.54, 1.807) is 30.1 Å². The smallest absolute Gasteiger partial charge is 0.337 e. The lowest BCUT2D eigenvalue weighted by atomic mass is 10.2. The van der Waals surface area contributed by atoms with Crippen molar-refractivity contribution in [3.05, 3.63) is 59.1 Å². The third-order valence-corrected chi connectivity index (χ3v) is 3.66. The van der Waals surface area contributed by atoms with Gasteiger partial charge in [-0.15, -0.1) is 0 Å². The van der Waals surface area contributed by atoms with E-state index in [0.717, 1.165) is 5.69 Å². The molecule has 23 heavy (non-hydrogen) atoms. The number of nitrogens with one attached hydrogen (secondary N) is 1. The lowest BCUT2D eigenvalue weighted by Crippen LogP contribution is -2.32. The molecule has 0 bridgehead atoms. The monoisotopic (exact) mass is 332 g/mol. The van der Waals surface area contributed by atoms with Gasteiger partial charge in [-0.05, 0) is 30.3 Å². The maximum atomic E-state index is 12.2. The van der Waals surface area contributed by atoms with E-state index in [2.05, 4.69) is 10.1 Å². The van der Waals surface area contributed by atoms with E-state index in [9.17, 15) is 9.59 Å². The molecule has 120 valence electrons. The number of halogens is 1. The summed E-state index contributed by atoms with van der Waals surface area (Å²) in [5, 5.41) is 3.38. The van der Waals surface area contributed by atoms with Crippen molar-refractivity contribution in [1.82, 2.24) is 0 Å². The molecule has 1 N–H and O–H groups in total. The summed E-state index contributed by atoms with van der Waals surface area (Å²) in [7, 11) is 3.01. The molecule has 2 rings (SSSR count). The lowest BCUT2D eigenvalue weighted by Gasteiger charge is -2.18. The molecule has 0 atom stereocenters. The quantitative estimate of drug-likeness (QED) is 0.854. The van der Waals surface area contributed by atoms with Crippen molar-refractivity contribution in [2.24, 2.45) is 0 Å². The summed E-state index contributed by atoms with van der Waals surface area (Å²) in [6, 6.07) is 14.0. The summed E-state index contributed by atoms with van der Waals surface area (Å²) >= 11 is 6.08. The molecule has 0 unspecified atom stereocenters. The molecule has 0 saturated carbocycles. The van der Waals surface area contributed by atoms with Crippen LogP contribution in [0.15, 0.2) is 48.5 Å². The number of hydrogen-bond donors (Lipinski definition) is 1. The second-order valence-electron chi connectivity index (χ2n) is 4.83. The molecule has 5 nitrogen and oxygen atoms in total. The Bertz CT molecular complexity index is 704. The van der Waals surface area contributed by atoms with Crippen LogP contribution < -0.4 is 10.2 Å². The number of benzene rings is 2. The fourth-order valence-electron chi connectivity index (χ4n) is 1.99. The minimum absolute atomic E-state index is 0.0513. The SMILES string of the molecule is COC(=O)c1ccc(Cl)c(NCC(=O)N(C)c2ccccc2)c1. The largest absolute Gasteiger partial charge is 0.465 e. The second-order valence-corrected chi connectivity index (χ2v) is 5.24. The number of para-hydroxylation sites is 1. The Hall–Kier alpha value is -2.53. The first-order valence-electron chi connectivity index (χ1n) is 6.96. The lowest BCUT2D eigenvalue weighted by molar-refractivity contribution is -0.116. The molecule has 2 aromatic rings. The van der Waals surface area contributed by atoms with Crippen LogP contribution in [-0.4, -0.2) is 32.6 Å². The van der Waals surface area contributed by atoms with Crippen molar-refractivity contribution >= 4 is 34.9 Å². The fourth-order valence-corrected chi connectivity index (χ4v) is 2.17. The Morgan fingerprint density at radius 3 is 2.52 bits per heavy atom. The molecule has 2 aromatic carbocycles. The fraction of sp³-hybridized carbons (Fsp3) is 0.176. The van der Waals surface area contributed by atoms with Gasteiger partial charge in [0.25, 0.3) is 0 Å². The number of methoxy groups -OCH3 is 1. The van der Waals surface area contributed by atoms with Gasteiger partial charge in [0.15, 0.2) is 0 Å². The molecule has 1 amide bonds. The molecule has 6 heteroatoms. The van der Waals surface area contributed by atoms with Crippen LogP contribution in [0.25, 0.3) is 0 Å². The van der Waals surface area contributed by atoms with Gasteiger partial charge in [-0.1, -0.05) is 29.8 Å². The van der Waals surface area contributed by atoms with E-state index in [-0.39, 0.29) is 12.5 Å². The predicted molar refractivity (Wildman–Crippen MR) is 91.1 cm³/mol. The van der Waals surface area contributed by atoms with Gasteiger partial charge >= 0.3 is 5.97 Å². The molecule has 0 aliphatic heterocycles. The van der Waals surface area contributed by atoms with Gasteiger partial charge in [-0.25, -0.2) is 4.79 Å². The van der Waals surface area contributed by atoms with Crippen LogP contribution in [0.2, 0.25) is 5.02 Å². The molecular formula is C17H17ClN2O3. The number of esters is 1. The summed E-state index contributed by atoms with van der Waals surface area (Å²) in [4.78, 5) is 25.3. The van der Waals surface area contributed by atoms with Gasteiger partial charge in [0.2, 0.25) is 5.91 Å². The zero-order valence-corrected chi connectivity index (χ0v) is 13.6. The first kappa shape index (κ1) is 16.8. The molecule has 0 aliphatic rings. The Balaban J connectivity index is 2.05. The molecule has 0 spiro atoms. The van der Waals surface area contributed by atoms with E-state index < -0.39 is 5.97 Å². The maximum Gasteiger partial charge on any atom is 0.337 e. The third-order valence-electron chi connectivity index (χ3n) is 3.34. The van der Waals surface area contributed by atoms with Crippen LogP contribution in [0.3, 0.4) is 0 Å².